The van der Waals surface area contributed by atoms with Gasteiger partial charge in [-0.2, -0.15) is 0 Å². The van der Waals surface area contributed by atoms with E-state index in [1.165, 1.54) is 0 Å². The third kappa shape index (κ3) is 3.48. The fourth-order valence-electron chi connectivity index (χ4n) is 2.26. The molecular formula is C13H13BrClNO3. The van der Waals surface area contributed by atoms with E-state index in [-0.39, 0.29) is 11.8 Å². The Labute approximate surface area is 124 Å². The molecule has 1 fully saturated rings. The molecule has 1 saturated carbocycles. The first kappa shape index (κ1) is 14.3. The van der Waals surface area contributed by atoms with E-state index in [0.29, 0.717) is 34.4 Å². The van der Waals surface area contributed by atoms with Crippen molar-refractivity contribution < 1.29 is 14.7 Å². The summed E-state index contributed by atoms with van der Waals surface area (Å²) in [5.74, 6) is -1.56. The molecule has 0 aliphatic heterocycles. The molecule has 2 atom stereocenters. The van der Waals surface area contributed by atoms with Crippen LogP contribution in [0.2, 0.25) is 5.02 Å². The van der Waals surface area contributed by atoms with Crippen LogP contribution in [0.1, 0.15) is 19.3 Å². The van der Waals surface area contributed by atoms with Gasteiger partial charge in [0.1, 0.15) is 0 Å². The molecule has 19 heavy (non-hydrogen) atoms. The number of hydrogen-bond acceptors (Lipinski definition) is 2. The van der Waals surface area contributed by atoms with Crippen LogP contribution in [0.4, 0.5) is 5.69 Å². The SMILES string of the molecule is O=C(O)[C@@H]1CC[C@H](C(=O)Nc2ccc(Cl)c(Br)c2)C1. The van der Waals surface area contributed by atoms with Gasteiger partial charge in [0.25, 0.3) is 0 Å². The highest BCUT2D eigenvalue weighted by atomic mass is 79.9. The molecule has 0 heterocycles. The Bertz CT molecular complexity index is 521. The Morgan fingerprint density at radius 1 is 1.32 bits per heavy atom. The molecule has 0 bridgehead atoms. The second kappa shape index (κ2) is 5.92. The van der Waals surface area contributed by atoms with Crippen molar-refractivity contribution in [1.82, 2.24) is 0 Å². The Morgan fingerprint density at radius 2 is 2.00 bits per heavy atom. The molecule has 1 aromatic rings. The topological polar surface area (TPSA) is 66.4 Å². The number of amides is 1. The summed E-state index contributed by atoms with van der Waals surface area (Å²) in [5, 5.41) is 12.3. The maximum Gasteiger partial charge on any atom is 0.306 e. The smallest absolute Gasteiger partial charge is 0.306 e. The summed E-state index contributed by atoms with van der Waals surface area (Å²) in [4.78, 5) is 22.9. The van der Waals surface area contributed by atoms with Gasteiger partial charge in [-0.05, 0) is 53.4 Å². The molecule has 0 radical (unpaired) electrons. The van der Waals surface area contributed by atoms with Crippen molar-refractivity contribution in [3.63, 3.8) is 0 Å². The van der Waals surface area contributed by atoms with Crippen molar-refractivity contribution >= 4 is 45.1 Å². The molecule has 1 aliphatic carbocycles. The molecular weight excluding hydrogens is 334 g/mol. The molecule has 0 unspecified atom stereocenters. The fourth-order valence-corrected chi connectivity index (χ4v) is 2.76. The number of hydrogen-bond donors (Lipinski definition) is 2. The van der Waals surface area contributed by atoms with Gasteiger partial charge >= 0.3 is 5.97 Å². The van der Waals surface area contributed by atoms with Crippen LogP contribution in [0.25, 0.3) is 0 Å². The van der Waals surface area contributed by atoms with Crippen LogP contribution in [0.15, 0.2) is 22.7 Å². The van der Waals surface area contributed by atoms with Gasteiger partial charge in [-0.1, -0.05) is 11.6 Å². The number of nitrogens with one attached hydrogen (secondary N) is 1. The number of carbonyl (C=O) groups excluding carboxylic acids is 1. The molecule has 0 aromatic heterocycles. The van der Waals surface area contributed by atoms with Crippen LogP contribution in [0, 0.1) is 11.8 Å². The van der Waals surface area contributed by atoms with E-state index in [1.54, 1.807) is 18.2 Å². The van der Waals surface area contributed by atoms with Crippen molar-refractivity contribution in [2.75, 3.05) is 5.32 Å². The molecule has 2 N–H and O–H groups in total. The number of anilines is 1. The van der Waals surface area contributed by atoms with Crippen LogP contribution in [0.5, 0.6) is 0 Å². The summed E-state index contributed by atoms with van der Waals surface area (Å²) in [7, 11) is 0. The first-order chi connectivity index (χ1) is 8.97. The average Bonchev–Trinajstić information content (AvgIpc) is 2.83. The Hall–Kier alpha value is -1.07. The molecule has 102 valence electrons. The largest absolute Gasteiger partial charge is 0.481 e. The molecule has 1 amide bonds. The van der Waals surface area contributed by atoms with Gasteiger partial charge in [-0.3, -0.25) is 9.59 Å². The van der Waals surface area contributed by atoms with Gasteiger partial charge in [0, 0.05) is 16.1 Å². The van der Waals surface area contributed by atoms with E-state index in [9.17, 15) is 9.59 Å². The maximum atomic E-state index is 12.0. The van der Waals surface area contributed by atoms with Crippen LogP contribution >= 0.6 is 27.5 Å². The molecule has 0 spiro atoms. The van der Waals surface area contributed by atoms with Crippen LogP contribution in [-0.2, 0) is 9.59 Å². The van der Waals surface area contributed by atoms with Crippen molar-refractivity contribution in [2.24, 2.45) is 11.8 Å². The van der Waals surface area contributed by atoms with Gasteiger partial charge in [0.2, 0.25) is 5.91 Å². The highest BCUT2D eigenvalue weighted by Gasteiger charge is 2.33. The molecule has 1 aromatic carbocycles. The van der Waals surface area contributed by atoms with Crippen molar-refractivity contribution in [3.8, 4) is 0 Å². The monoisotopic (exact) mass is 345 g/mol. The molecule has 2 rings (SSSR count). The summed E-state index contributed by atoms with van der Waals surface area (Å²) in [6.45, 7) is 0. The zero-order valence-electron chi connectivity index (χ0n) is 10.0. The van der Waals surface area contributed by atoms with Crippen LogP contribution in [0.3, 0.4) is 0 Å². The zero-order valence-corrected chi connectivity index (χ0v) is 12.4. The lowest BCUT2D eigenvalue weighted by molar-refractivity contribution is -0.141. The van der Waals surface area contributed by atoms with E-state index in [2.05, 4.69) is 21.2 Å². The number of carbonyl (C=O) groups is 2. The van der Waals surface area contributed by atoms with Gasteiger partial charge in [0.05, 0.1) is 10.9 Å². The quantitative estimate of drug-likeness (QED) is 0.879. The normalized spacial score (nSPS) is 22.2. The van der Waals surface area contributed by atoms with Crippen LogP contribution < -0.4 is 5.32 Å². The van der Waals surface area contributed by atoms with E-state index >= 15 is 0 Å². The summed E-state index contributed by atoms with van der Waals surface area (Å²) >= 11 is 9.16. The lowest BCUT2D eigenvalue weighted by atomic mass is 10.0. The van der Waals surface area contributed by atoms with Gasteiger partial charge in [0.15, 0.2) is 0 Å². The summed E-state index contributed by atoms with van der Waals surface area (Å²) in [5.41, 5.74) is 0.653. The van der Waals surface area contributed by atoms with Gasteiger partial charge < -0.3 is 10.4 Å². The highest BCUT2D eigenvalue weighted by Crippen LogP contribution is 2.32. The molecule has 0 saturated heterocycles. The molecule has 4 nitrogen and oxygen atoms in total. The fraction of sp³-hybridized carbons (Fsp3) is 0.385. The van der Waals surface area contributed by atoms with Gasteiger partial charge in [-0.15, -0.1) is 0 Å². The predicted octanol–water partition coefficient (Wildman–Crippen LogP) is 3.54. The van der Waals surface area contributed by atoms with Crippen molar-refractivity contribution in [2.45, 2.75) is 19.3 Å². The summed E-state index contributed by atoms with van der Waals surface area (Å²) in [6, 6.07) is 5.13. The second-order valence-corrected chi connectivity index (χ2v) is 5.92. The number of benzene rings is 1. The van der Waals surface area contributed by atoms with Crippen molar-refractivity contribution in [3.05, 3.63) is 27.7 Å². The second-order valence-electron chi connectivity index (χ2n) is 4.66. The minimum atomic E-state index is -0.815. The zero-order chi connectivity index (χ0) is 14.0. The number of aliphatic carboxylic acids is 1. The number of carboxylic acids is 1. The Kier molecular flexibility index (Phi) is 4.47. The molecule has 1 aliphatic rings. The van der Waals surface area contributed by atoms with E-state index in [0.717, 1.165) is 0 Å². The maximum absolute atomic E-state index is 12.0. The third-order valence-corrected chi connectivity index (χ3v) is 4.55. The van der Waals surface area contributed by atoms with Crippen LogP contribution in [-0.4, -0.2) is 17.0 Å². The van der Waals surface area contributed by atoms with Gasteiger partial charge in [-0.25, -0.2) is 0 Å². The average molecular weight is 347 g/mol. The first-order valence-corrected chi connectivity index (χ1v) is 7.13. The third-order valence-electron chi connectivity index (χ3n) is 3.34. The first-order valence-electron chi connectivity index (χ1n) is 5.96. The highest BCUT2D eigenvalue weighted by molar-refractivity contribution is 9.10. The lowest BCUT2D eigenvalue weighted by Crippen LogP contribution is -2.21. The van der Waals surface area contributed by atoms with E-state index < -0.39 is 11.9 Å². The molecule has 6 heteroatoms. The standard InChI is InChI=1S/C13H13BrClNO3/c14-10-6-9(3-4-11(10)15)16-12(17)7-1-2-8(5-7)13(18)19/h3-4,6-8H,1-2,5H2,(H,16,17)(H,18,19)/t7-,8+/m0/s1. The predicted molar refractivity (Wildman–Crippen MR) is 76.2 cm³/mol. The lowest BCUT2D eigenvalue weighted by Gasteiger charge is -2.11. The Balaban J connectivity index is 1.98. The Morgan fingerprint density at radius 3 is 2.58 bits per heavy atom. The number of rotatable bonds is 3. The van der Waals surface area contributed by atoms with E-state index in [1.807, 2.05) is 0 Å². The minimum Gasteiger partial charge on any atom is -0.481 e. The van der Waals surface area contributed by atoms with E-state index in [4.69, 9.17) is 16.7 Å². The summed E-state index contributed by atoms with van der Waals surface area (Å²) < 4.78 is 0.710. The number of carboxylic acid groups (broad SMARTS) is 1. The van der Waals surface area contributed by atoms with Crippen molar-refractivity contribution in [1.29, 1.82) is 0 Å². The summed E-state index contributed by atoms with van der Waals surface area (Å²) in [6.07, 6.45) is 1.60. The minimum absolute atomic E-state index is 0.127. The number of halogens is 2.